The van der Waals surface area contributed by atoms with Crippen LogP contribution in [0.1, 0.15) is 12.5 Å². The first-order valence-electron chi connectivity index (χ1n) is 4.14. The van der Waals surface area contributed by atoms with E-state index in [0.29, 0.717) is 6.42 Å². The molecule has 13 heavy (non-hydrogen) atoms. The second-order valence-corrected chi connectivity index (χ2v) is 2.70. The Morgan fingerprint density at radius 1 is 1.54 bits per heavy atom. The Morgan fingerprint density at radius 3 is 2.69 bits per heavy atom. The normalized spacial score (nSPS) is 9.69. The van der Waals surface area contributed by atoms with Gasteiger partial charge in [0.25, 0.3) is 5.69 Å². The molecule has 0 heterocycles. The Bertz CT molecular complexity index is 323. The molecule has 1 rings (SSSR count). The van der Waals surface area contributed by atoms with Crippen molar-refractivity contribution in [1.82, 2.24) is 0 Å². The van der Waals surface area contributed by atoms with E-state index in [9.17, 15) is 10.1 Å². The van der Waals surface area contributed by atoms with E-state index in [1.807, 2.05) is 13.0 Å². The molecular formula is C9H12N2O2. The number of hydrogen-bond acceptors (Lipinski definition) is 3. The first kappa shape index (κ1) is 9.51. The van der Waals surface area contributed by atoms with Gasteiger partial charge in [-0.05, 0) is 12.5 Å². The maximum Gasteiger partial charge on any atom is 0.274 e. The molecule has 0 spiro atoms. The van der Waals surface area contributed by atoms with Crippen molar-refractivity contribution in [2.45, 2.75) is 13.3 Å². The summed E-state index contributed by atoms with van der Waals surface area (Å²) in [7, 11) is 1.74. The van der Waals surface area contributed by atoms with Crippen LogP contribution in [-0.2, 0) is 6.42 Å². The van der Waals surface area contributed by atoms with E-state index >= 15 is 0 Å². The van der Waals surface area contributed by atoms with Crippen LogP contribution in [0.5, 0.6) is 0 Å². The highest BCUT2D eigenvalue weighted by atomic mass is 16.6. The van der Waals surface area contributed by atoms with Gasteiger partial charge in [-0.2, -0.15) is 0 Å². The van der Waals surface area contributed by atoms with Crippen molar-refractivity contribution < 1.29 is 4.92 Å². The molecule has 0 aromatic heterocycles. The molecule has 0 unspecified atom stereocenters. The quantitative estimate of drug-likeness (QED) is 0.573. The van der Waals surface area contributed by atoms with Gasteiger partial charge >= 0.3 is 0 Å². The van der Waals surface area contributed by atoms with Crippen LogP contribution in [0.2, 0.25) is 0 Å². The van der Waals surface area contributed by atoms with Gasteiger partial charge in [0.15, 0.2) is 0 Å². The second kappa shape index (κ2) is 3.89. The average Bonchev–Trinajstić information content (AvgIpc) is 2.16. The van der Waals surface area contributed by atoms with Crippen LogP contribution in [0.3, 0.4) is 0 Å². The van der Waals surface area contributed by atoms with E-state index in [2.05, 4.69) is 5.32 Å². The van der Waals surface area contributed by atoms with Crippen molar-refractivity contribution >= 4 is 11.4 Å². The molecule has 0 aliphatic carbocycles. The maximum absolute atomic E-state index is 10.6. The van der Waals surface area contributed by atoms with Crippen LogP contribution in [0.4, 0.5) is 11.4 Å². The Morgan fingerprint density at radius 2 is 2.23 bits per heavy atom. The van der Waals surface area contributed by atoms with Crippen LogP contribution < -0.4 is 5.32 Å². The summed E-state index contributed by atoms with van der Waals surface area (Å²) in [6, 6.07) is 5.18. The summed E-state index contributed by atoms with van der Waals surface area (Å²) in [5.74, 6) is 0. The average molecular weight is 180 g/mol. The third kappa shape index (κ3) is 1.96. The Balaban J connectivity index is 3.18. The summed E-state index contributed by atoms with van der Waals surface area (Å²) in [6.07, 6.45) is 0.681. The third-order valence-corrected chi connectivity index (χ3v) is 1.95. The SMILES string of the molecule is CCc1ccc(NC)cc1[N+](=O)[O-]. The highest BCUT2D eigenvalue weighted by Gasteiger charge is 2.11. The second-order valence-electron chi connectivity index (χ2n) is 2.70. The molecule has 1 N–H and O–H groups in total. The number of nitro groups is 1. The van der Waals surface area contributed by atoms with Gasteiger partial charge in [-0.25, -0.2) is 0 Å². The van der Waals surface area contributed by atoms with Gasteiger partial charge in [-0.15, -0.1) is 0 Å². The minimum atomic E-state index is -0.348. The van der Waals surface area contributed by atoms with Crippen LogP contribution in [-0.4, -0.2) is 12.0 Å². The highest BCUT2D eigenvalue weighted by Crippen LogP contribution is 2.23. The van der Waals surface area contributed by atoms with Crippen LogP contribution in [0.15, 0.2) is 18.2 Å². The minimum absolute atomic E-state index is 0.189. The van der Waals surface area contributed by atoms with Crippen molar-refractivity contribution in [2.24, 2.45) is 0 Å². The lowest BCUT2D eigenvalue weighted by Gasteiger charge is -2.02. The van der Waals surface area contributed by atoms with Gasteiger partial charge in [0.1, 0.15) is 0 Å². The fraction of sp³-hybridized carbons (Fsp3) is 0.333. The Labute approximate surface area is 76.7 Å². The molecule has 0 atom stereocenters. The predicted octanol–water partition coefficient (Wildman–Crippen LogP) is 2.20. The van der Waals surface area contributed by atoms with E-state index in [1.165, 1.54) is 0 Å². The molecule has 4 heteroatoms. The summed E-state index contributed by atoms with van der Waals surface area (Å²) in [5, 5.41) is 13.5. The third-order valence-electron chi connectivity index (χ3n) is 1.95. The lowest BCUT2D eigenvalue weighted by molar-refractivity contribution is -0.385. The molecule has 0 saturated heterocycles. The zero-order valence-electron chi connectivity index (χ0n) is 7.70. The van der Waals surface area contributed by atoms with Gasteiger partial charge in [0.05, 0.1) is 4.92 Å². The van der Waals surface area contributed by atoms with Crippen molar-refractivity contribution in [3.05, 3.63) is 33.9 Å². The molecule has 1 aromatic rings. The molecule has 0 aliphatic rings. The smallest absolute Gasteiger partial charge is 0.274 e. The highest BCUT2D eigenvalue weighted by molar-refractivity contribution is 5.54. The summed E-state index contributed by atoms with van der Waals surface area (Å²) >= 11 is 0. The number of rotatable bonds is 3. The molecule has 0 aliphatic heterocycles. The summed E-state index contributed by atoms with van der Waals surface area (Å²) in [4.78, 5) is 10.3. The number of hydrogen-bond donors (Lipinski definition) is 1. The largest absolute Gasteiger partial charge is 0.388 e. The molecule has 0 bridgehead atoms. The number of nitrogens with zero attached hydrogens (tertiary/aromatic N) is 1. The molecule has 1 aromatic carbocycles. The monoisotopic (exact) mass is 180 g/mol. The Kier molecular flexibility index (Phi) is 2.84. The predicted molar refractivity (Wildman–Crippen MR) is 52.0 cm³/mol. The van der Waals surface area contributed by atoms with Gasteiger partial charge in [-0.1, -0.05) is 13.0 Å². The molecular weight excluding hydrogens is 168 g/mol. The van der Waals surface area contributed by atoms with E-state index in [-0.39, 0.29) is 10.6 Å². The van der Waals surface area contributed by atoms with E-state index in [1.54, 1.807) is 19.2 Å². The molecule has 0 amide bonds. The van der Waals surface area contributed by atoms with Crippen molar-refractivity contribution in [1.29, 1.82) is 0 Å². The van der Waals surface area contributed by atoms with E-state index < -0.39 is 0 Å². The number of nitrogens with one attached hydrogen (secondary N) is 1. The van der Waals surface area contributed by atoms with Gasteiger partial charge in [0, 0.05) is 24.4 Å². The standard InChI is InChI=1S/C9H12N2O2/c1-3-7-4-5-8(10-2)6-9(7)11(12)13/h4-6,10H,3H2,1-2H3. The molecule has 70 valence electrons. The zero-order valence-corrected chi connectivity index (χ0v) is 7.70. The lowest BCUT2D eigenvalue weighted by atomic mass is 10.1. The fourth-order valence-corrected chi connectivity index (χ4v) is 1.19. The first-order valence-corrected chi connectivity index (χ1v) is 4.14. The van der Waals surface area contributed by atoms with Gasteiger partial charge in [-0.3, -0.25) is 10.1 Å². The van der Waals surface area contributed by atoms with Gasteiger partial charge in [0.2, 0.25) is 0 Å². The zero-order chi connectivity index (χ0) is 9.84. The number of benzene rings is 1. The molecule has 0 radical (unpaired) electrons. The van der Waals surface area contributed by atoms with Crippen molar-refractivity contribution in [2.75, 3.05) is 12.4 Å². The topological polar surface area (TPSA) is 55.2 Å². The summed E-state index contributed by atoms with van der Waals surface area (Å²) < 4.78 is 0. The summed E-state index contributed by atoms with van der Waals surface area (Å²) in [6.45, 7) is 1.90. The van der Waals surface area contributed by atoms with Crippen LogP contribution in [0, 0.1) is 10.1 Å². The number of nitro benzene ring substituents is 1. The molecule has 4 nitrogen and oxygen atoms in total. The minimum Gasteiger partial charge on any atom is -0.388 e. The van der Waals surface area contributed by atoms with Crippen molar-refractivity contribution in [3.63, 3.8) is 0 Å². The fourth-order valence-electron chi connectivity index (χ4n) is 1.19. The number of anilines is 1. The maximum atomic E-state index is 10.6. The van der Waals surface area contributed by atoms with Crippen LogP contribution >= 0.6 is 0 Å². The van der Waals surface area contributed by atoms with E-state index in [0.717, 1.165) is 11.3 Å². The summed E-state index contributed by atoms with van der Waals surface area (Å²) in [5.41, 5.74) is 1.72. The Hall–Kier alpha value is -1.58. The number of aryl methyl sites for hydroxylation is 1. The first-order chi connectivity index (χ1) is 6.19. The lowest BCUT2D eigenvalue weighted by Crippen LogP contribution is -1.96. The van der Waals surface area contributed by atoms with E-state index in [4.69, 9.17) is 0 Å². The molecule has 0 fully saturated rings. The van der Waals surface area contributed by atoms with Gasteiger partial charge < -0.3 is 5.32 Å². The van der Waals surface area contributed by atoms with Crippen molar-refractivity contribution in [3.8, 4) is 0 Å². The molecule has 0 saturated carbocycles. The van der Waals surface area contributed by atoms with Crippen LogP contribution in [0.25, 0.3) is 0 Å².